The van der Waals surface area contributed by atoms with E-state index in [4.69, 9.17) is 23.7 Å². The van der Waals surface area contributed by atoms with E-state index < -0.39 is 59.5 Å². The summed E-state index contributed by atoms with van der Waals surface area (Å²) in [6.07, 6.45) is -1.89. The molecule has 2 heterocycles. The Kier molecular flexibility index (Phi) is 15.3. The number of carboxylic acids is 3. The van der Waals surface area contributed by atoms with E-state index >= 15 is 0 Å². The lowest BCUT2D eigenvalue weighted by molar-refractivity contribution is -0.382. The van der Waals surface area contributed by atoms with Crippen LogP contribution in [-0.2, 0) is 27.1 Å². The third-order valence-corrected chi connectivity index (χ3v) is 11.7. The molecule has 0 saturated carbocycles. The van der Waals surface area contributed by atoms with E-state index in [1.807, 2.05) is 93.4 Å². The summed E-state index contributed by atoms with van der Waals surface area (Å²) in [7, 11) is 3.15. The SMILES string of the molecule is CNC(=O)c1cc(C(=O)O)c(C(=O)Cc2ccc(Oc3ccc(C)cc3)cc2)cc1C(=O)O.Cc1ccc(Oc2ccc(CC(=O)c3cc(C(=O)O)c(C4O[C@H](C)N4C)cc3C3OC(C)O3)cc2)cc1. The first-order valence-corrected chi connectivity index (χ1v) is 22.1. The van der Waals surface area contributed by atoms with Crippen molar-refractivity contribution >= 4 is 35.4 Å². The van der Waals surface area contributed by atoms with Crippen LogP contribution < -0.4 is 14.8 Å². The highest BCUT2D eigenvalue weighted by Gasteiger charge is 2.40. The fraction of sp³-hybridized carbons (Fsp3) is 0.222. The molecule has 0 bridgehead atoms. The number of hydrogen-bond donors (Lipinski definition) is 4. The number of aryl methyl sites for hydroxylation is 2. The van der Waals surface area contributed by atoms with Gasteiger partial charge in [-0.15, -0.1) is 0 Å². The second-order valence-corrected chi connectivity index (χ2v) is 16.7. The lowest BCUT2D eigenvalue weighted by Gasteiger charge is -2.45. The van der Waals surface area contributed by atoms with Crippen LogP contribution in [0.5, 0.6) is 23.0 Å². The predicted octanol–water partition coefficient (Wildman–Crippen LogP) is 9.58. The quantitative estimate of drug-likeness (QED) is 0.0663. The van der Waals surface area contributed by atoms with Gasteiger partial charge in [-0.2, -0.15) is 0 Å². The Bertz CT molecular complexity index is 2950. The van der Waals surface area contributed by atoms with Gasteiger partial charge in [0, 0.05) is 42.1 Å². The molecule has 70 heavy (non-hydrogen) atoms. The number of amides is 1. The van der Waals surface area contributed by atoms with Crippen molar-refractivity contribution in [2.45, 2.75) is 65.6 Å². The maximum atomic E-state index is 13.4. The fourth-order valence-corrected chi connectivity index (χ4v) is 7.67. The molecule has 16 nitrogen and oxygen atoms in total. The van der Waals surface area contributed by atoms with Crippen molar-refractivity contribution in [3.63, 3.8) is 0 Å². The van der Waals surface area contributed by atoms with Crippen molar-refractivity contribution in [2.24, 2.45) is 0 Å². The normalized spacial score (nSPS) is 17.1. The lowest BCUT2D eigenvalue weighted by Crippen LogP contribution is -2.48. The Morgan fingerprint density at radius 1 is 0.529 bits per heavy atom. The van der Waals surface area contributed by atoms with Gasteiger partial charge >= 0.3 is 17.9 Å². The topological polar surface area (TPSA) is 225 Å². The van der Waals surface area contributed by atoms with Crippen molar-refractivity contribution in [1.29, 1.82) is 0 Å². The Hall–Kier alpha value is -8.02. The van der Waals surface area contributed by atoms with Crippen LogP contribution in [0, 0.1) is 13.8 Å². The number of ketones is 2. The van der Waals surface area contributed by atoms with Crippen LogP contribution >= 0.6 is 0 Å². The maximum Gasteiger partial charge on any atom is 0.336 e. The van der Waals surface area contributed by atoms with Crippen LogP contribution in [0.4, 0.5) is 0 Å². The van der Waals surface area contributed by atoms with Gasteiger partial charge in [-0.1, -0.05) is 59.7 Å². The molecule has 6 aromatic carbocycles. The number of hydrogen-bond acceptors (Lipinski definition) is 12. The van der Waals surface area contributed by atoms with Gasteiger partial charge in [0.05, 0.1) is 22.3 Å². The zero-order chi connectivity index (χ0) is 50.4. The molecule has 2 fully saturated rings. The van der Waals surface area contributed by atoms with Gasteiger partial charge in [0.1, 0.15) is 35.5 Å². The van der Waals surface area contributed by atoms with Crippen molar-refractivity contribution in [1.82, 2.24) is 10.2 Å². The minimum absolute atomic E-state index is 0.0186. The van der Waals surface area contributed by atoms with E-state index in [0.717, 1.165) is 34.6 Å². The number of Topliss-reactive ketones (excluding diaryl/α,β-unsaturated/α-hetero) is 2. The second kappa shape index (κ2) is 21.5. The average Bonchev–Trinajstić information content (AvgIpc) is 3.33. The van der Waals surface area contributed by atoms with E-state index in [9.17, 15) is 44.1 Å². The minimum atomic E-state index is -1.45. The third kappa shape index (κ3) is 11.6. The molecule has 0 spiro atoms. The molecule has 360 valence electrons. The van der Waals surface area contributed by atoms with Crippen molar-refractivity contribution in [2.75, 3.05) is 14.1 Å². The number of nitrogens with zero attached hydrogens (tertiary/aromatic N) is 1. The smallest absolute Gasteiger partial charge is 0.336 e. The molecule has 1 amide bonds. The van der Waals surface area contributed by atoms with E-state index in [1.165, 1.54) is 13.1 Å². The molecule has 0 aromatic heterocycles. The highest BCUT2D eigenvalue weighted by molar-refractivity contribution is 6.12. The van der Waals surface area contributed by atoms with Gasteiger partial charge in [-0.05, 0) is 119 Å². The lowest BCUT2D eigenvalue weighted by atomic mass is 9.91. The standard InChI is InChI=1S/C29H29NO7.C25H21NO7/c1-16-5-9-20(10-6-16)37-21-11-7-19(8-12-21)13-26(31)22-14-24(28(32)33)23(27-30(4)17(2)34-27)15-25(22)29-35-18(3)36-29;1-14-3-7-16(8-4-14)33-17-9-5-15(6-10-17)11-22(27)18-12-21(25(31)32)19(23(28)26-2)13-20(18)24(29)30/h5-12,14-15,17-18,27,29H,13H2,1-4H3,(H,32,33);3-10,12-13H,11H2,1-2H3,(H,26,28)(H,29,30)(H,31,32)/t17-,18?,27?,29?;/m1./s1. The molecule has 1 unspecified atom stereocenters. The summed E-state index contributed by atoms with van der Waals surface area (Å²) in [6.45, 7) is 7.62. The van der Waals surface area contributed by atoms with Crippen molar-refractivity contribution in [3.05, 3.63) is 188 Å². The van der Waals surface area contributed by atoms with Crippen LogP contribution in [0.1, 0.15) is 122 Å². The molecule has 0 aliphatic carbocycles. The summed E-state index contributed by atoms with van der Waals surface area (Å²) >= 11 is 0. The summed E-state index contributed by atoms with van der Waals surface area (Å²) in [5.41, 5.74) is 3.32. The van der Waals surface area contributed by atoms with Crippen LogP contribution in [0.25, 0.3) is 0 Å². The van der Waals surface area contributed by atoms with Gasteiger partial charge in [0.15, 0.2) is 24.1 Å². The van der Waals surface area contributed by atoms with E-state index in [1.54, 1.807) is 49.4 Å². The molecular formula is C54H50N2O14. The van der Waals surface area contributed by atoms with Crippen molar-refractivity contribution in [3.8, 4) is 23.0 Å². The predicted molar refractivity (Wildman–Crippen MR) is 254 cm³/mol. The largest absolute Gasteiger partial charge is 0.478 e. The van der Waals surface area contributed by atoms with Gasteiger partial charge in [-0.25, -0.2) is 14.4 Å². The number of carbonyl (C=O) groups excluding carboxylic acids is 3. The number of nitrogens with one attached hydrogen (secondary N) is 1. The number of carbonyl (C=O) groups is 6. The molecule has 16 heteroatoms. The third-order valence-electron chi connectivity index (χ3n) is 11.7. The number of aromatic carboxylic acids is 3. The average molecular weight is 951 g/mol. The highest BCUT2D eigenvalue weighted by Crippen LogP contribution is 2.41. The second-order valence-electron chi connectivity index (χ2n) is 16.7. The summed E-state index contributed by atoms with van der Waals surface area (Å²) in [5.74, 6) is -3.01. The molecule has 2 saturated heterocycles. The van der Waals surface area contributed by atoms with E-state index in [0.29, 0.717) is 33.9 Å². The Morgan fingerprint density at radius 3 is 1.33 bits per heavy atom. The zero-order valence-electron chi connectivity index (χ0n) is 39.1. The van der Waals surface area contributed by atoms with Gasteiger partial charge in [0.2, 0.25) is 0 Å². The maximum absolute atomic E-state index is 13.4. The highest BCUT2D eigenvalue weighted by atomic mass is 16.9. The van der Waals surface area contributed by atoms with Gasteiger partial charge in [0.25, 0.3) is 5.91 Å². The van der Waals surface area contributed by atoms with Crippen molar-refractivity contribution < 1.29 is 67.8 Å². The number of benzene rings is 6. The van der Waals surface area contributed by atoms with Crippen LogP contribution in [-0.4, -0.2) is 82.2 Å². The monoisotopic (exact) mass is 950 g/mol. The van der Waals surface area contributed by atoms with Crippen LogP contribution in [0.2, 0.25) is 0 Å². The molecule has 4 N–H and O–H groups in total. The minimum Gasteiger partial charge on any atom is -0.478 e. The first-order chi connectivity index (χ1) is 33.4. The van der Waals surface area contributed by atoms with Crippen LogP contribution in [0.3, 0.4) is 0 Å². The first kappa shape index (κ1) is 49.9. The fourth-order valence-electron chi connectivity index (χ4n) is 7.67. The van der Waals surface area contributed by atoms with Gasteiger partial charge < -0.3 is 44.3 Å². The van der Waals surface area contributed by atoms with E-state index in [2.05, 4.69) is 5.32 Å². The summed E-state index contributed by atoms with van der Waals surface area (Å²) in [4.78, 5) is 75.7. The molecule has 0 radical (unpaired) electrons. The molecule has 6 aromatic rings. The Balaban J connectivity index is 0.000000208. The molecular weight excluding hydrogens is 901 g/mol. The number of ether oxygens (including phenoxy) is 5. The first-order valence-electron chi connectivity index (χ1n) is 22.1. The zero-order valence-corrected chi connectivity index (χ0v) is 39.1. The molecule has 2 aliphatic heterocycles. The molecule has 2 atom stereocenters. The summed E-state index contributed by atoms with van der Waals surface area (Å²) < 4.78 is 28.8. The number of carboxylic acid groups (broad SMARTS) is 3. The molecule has 2 aliphatic rings. The van der Waals surface area contributed by atoms with E-state index in [-0.39, 0.29) is 47.1 Å². The number of rotatable bonds is 16. The van der Waals surface area contributed by atoms with Gasteiger partial charge in [-0.3, -0.25) is 19.3 Å². The van der Waals surface area contributed by atoms with Crippen LogP contribution in [0.15, 0.2) is 121 Å². The summed E-state index contributed by atoms with van der Waals surface area (Å²) in [6, 6.07) is 34.1. The molecule has 8 rings (SSSR count). The summed E-state index contributed by atoms with van der Waals surface area (Å²) in [5, 5.41) is 31.2. The Morgan fingerprint density at radius 2 is 0.929 bits per heavy atom. The Labute approximate surface area is 403 Å².